The van der Waals surface area contributed by atoms with Gasteiger partial charge in [-0.3, -0.25) is 14.6 Å². The molecule has 1 aromatic heterocycles. The molecule has 8 heteroatoms. The molecular formula is C12H16N4O4. The van der Waals surface area contributed by atoms with Gasteiger partial charge < -0.3 is 20.1 Å². The maximum absolute atomic E-state index is 12.2. The van der Waals surface area contributed by atoms with E-state index in [2.05, 4.69) is 15.3 Å². The summed E-state index contributed by atoms with van der Waals surface area (Å²) in [6.45, 7) is 1.36. The van der Waals surface area contributed by atoms with E-state index in [1.165, 1.54) is 18.6 Å². The number of rotatable bonds is 4. The first kappa shape index (κ1) is 14.4. The number of morpholine rings is 1. The molecule has 1 atom stereocenters. The molecule has 2 rings (SSSR count). The van der Waals surface area contributed by atoms with Gasteiger partial charge in [0.1, 0.15) is 11.7 Å². The van der Waals surface area contributed by atoms with E-state index in [1.54, 1.807) is 4.90 Å². The summed E-state index contributed by atoms with van der Waals surface area (Å²) in [7, 11) is 0. The second-order valence-electron chi connectivity index (χ2n) is 4.24. The van der Waals surface area contributed by atoms with Crippen molar-refractivity contribution in [3.8, 4) is 0 Å². The van der Waals surface area contributed by atoms with Gasteiger partial charge in [0, 0.05) is 25.5 Å². The fourth-order valence-electron chi connectivity index (χ4n) is 1.84. The Morgan fingerprint density at radius 2 is 2.15 bits per heavy atom. The molecule has 0 unspecified atom stereocenters. The molecule has 2 heterocycles. The van der Waals surface area contributed by atoms with Crippen molar-refractivity contribution in [1.29, 1.82) is 0 Å². The molecule has 1 fully saturated rings. The Bertz CT molecular complexity index is 462. The van der Waals surface area contributed by atoms with Gasteiger partial charge in [-0.25, -0.2) is 4.98 Å². The number of amides is 2. The van der Waals surface area contributed by atoms with Crippen molar-refractivity contribution < 1.29 is 19.4 Å². The average Bonchev–Trinajstić information content (AvgIpc) is 2.53. The van der Waals surface area contributed by atoms with Gasteiger partial charge in [0.2, 0.25) is 5.91 Å². The predicted octanol–water partition coefficient (Wildman–Crippen LogP) is -1.57. The number of aliphatic hydroxyl groups excluding tert-OH is 1. The van der Waals surface area contributed by atoms with Gasteiger partial charge in [-0.05, 0) is 0 Å². The van der Waals surface area contributed by atoms with Crippen LogP contribution in [0.15, 0.2) is 18.6 Å². The van der Waals surface area contributed by atoms with Crippen LogP contribution in [0, 0.1) is 0 Å². The monoisotopic (exact) mass is 280 g/mol. The van der Waals surface area contributed by atoms with Crippen molar-refractivity contribution in [2.24, 2.45) is 0 Å². The summed E-state index contributed by atoms with van der Waals surface area (Å²) in [4.78, 5) is 33.2. The number of nitrogens with one attached hydrogen (secondary N) is 1. The van der Waals surface area contributed by atoms with Crippen LogP contribution < -0.4 is 5.32 Å². The molecule has 0 radical (unpaired) electrons. The van der Waals surface area contributed by atoms with Crippen LogP contribution in [-0.2, 0) is 9.53 Å². The molecule has 2 amide bonds. The zero-order valence-corrected chi connectivity index (χ0v) is 10.9. The summed E-state index contributed by atoms with van der Waals surface area (Å²) in [5, 5.41) is 11.7. The van der Waals surface area contributed by atoms with Crippen LogP contribution >= 0.6 is 0 Å². The van der Waals surface area contributed by atoms with Crippen LogP contribution in [0.1, 0.15) is 10.5 Å². The number of carbonyl (C=O) groups excluding carboxylic acids is 2. The minimum absolute atomic E-state index is 0.0979. The Kier molecular flexibility index (Phi) is 4.97. The number of hydrogen-bond acceptors (Lipinski definition) is 6. The third-order valence-corrected chi connectivity index (χ3v) is 2.90. The summed E-state index contributed by atoms with van der Waals surface area (Å²) in [6, 6.07) is -0.984. The van der Waals surface area contributed by atoms with Crippen LogP contribution in [0.4, 0.5) is 0 Å². The third kappa shape index (κ3) is 3.49. The number of nitrogens with zero attached hydrogens (tertiary/aromatic N) is 3. The number of aromatic nitrogens is 2. The lowest BCUT2D eigenvalue weighted by molar-refractivity contribution is -0.138. The van der Waals surface area contributed by atoms with Crippen LogP contribution in [0.5, 0.6) is 0 Å². The van der Waals surface area contributed by atoms with E-state index in [1.807, 2.05) is 0 Å². The number of ether oxygens (including phenoxy) is 1. The molecule has 1 aromatic rings. The highest BCUT2D eigenvalue weighted by molar-refractivity contribution is 5.95. The smallest absolute Gasteiger partial charge is 0.272 e. The first-order chi connectivity index (χ1) is 9.72. The first-order valence-corrected chi connectivity index (χ1v) is 6.26. The van der Waals surface area contributed by atoms with E-state index in [4.69, 9.17) is 4.74 Å². The molecule has 20 heavy (non-hydrogen) atoms. The van der Waals surface area contributed by atoms with Crippen molar-refractivity contribution in [1.82, 2.24) is 20.2 Å². The number of hydrogen-bond donors (Lipinski definition) is 2. The van der Waals surface area contributed by atoms with Crippen LogP contribution in [-0.4, -0.2) is 70.7 Å². The lowest BCUT2D eigenvalue weighted by Crippen LogP contribution is -2.53. The summed E-state index contributed by atoms with van der Waals surface area (Å²) in [6.07, 6.45) is 4.12. The second kappa shape index (κ2) is 6.92. The minimum Gasteiger partial charge on any atom is -0.394 e. The van der Waals surface area contributed by atoms with Crippen LogP contribution in [0.2, 0.25) is 0 Å². The van der Waals surface area contributed by atoms with Gasteiger partial charge in [0.05, 0.1) is 26.0 Å². The van der Waals surface area contributed by atoms with E-state index in [-0.39, 0.29) is 11.6 Å². The third-order valence-electron chi connectivity index (χ3n) is 2.90. The Morgan fingerprint density at radius 3 is 2.75 bits per heavy atom. The molecule has 2 N–H and O–H groups in total. The average molecular weight is 280 g/mol. The van der Waals surface area contributed by atoms with E-state index in [9.17, 15) is 14.7 Å². The predicted molar refractivity (Wildman–Crippen MR) is 67.8 cm³/mol. The Morgan fingerprint density at radius 1 is 1.40 bits per heavy atom. The van der Waals surface area contributed by atoms with Gasteiger partial charge in [-0.15, -0.1) is 0 Å². The van der Waals surface area contributed by atoms with Crippen molar-refractivity contribution in [3.63, 3.8) is 0 Å². The fourth-order valence-corrected chi connectivity index (χ4v) is 1.84. The van der Waals surface area contributed by atoms with Gasteiger partial charge in [-0.1, -0.05) is 0 Å². The summed E-state index contributed by atoms with van der Waals surface area (Å²) in [5.74, 6) is -0.869. The Balaban J connectivity index is 1.97. The van der Waals surface area contributed by atoms with Crippen molar-refractivity contribution in [2.75, 3.05) is 32.9 Å². The maximum atomic E-state index is 12.2. The highest BCUT2D eigenvalue weighted by Gasteiger charge is 2.27. The van der Waals surface area contributed by atoms with Crippen molar-refractivity contribution in [3.05, 3.63) is 24.3 Å². The van der Waals surface area contributed by atoms with E-state index in [0.29, 0.717) is 26.3 Å². The van der Waals surface area contributed by atoms with Crippen LogP contribution in [0.25, 0.3) is 0 Å². The minimum atomic E-state index is -0.984. The molecular weight excluding hydrogens is 264 g/mol. The van der Waals surface area contributed by atoms with E-state index >= 15 is 0 Å². The highest BCUT2D eigenvalue weighted by Crippen LogP contribution is 2.02. The largest absolute Gasteiger partial charge is 0.394 e. The molecule has 1 aliphatic heterocycles. The number of carbonyl (C=O) groups is 2. The highest BCUT2D eigenvalue weighted by atomic mass is 16.5. The molecule has 108 valence electrons. The molecule has 8 nitrogen and oxygen atoms in total. The van der Waals surface area contributed by atoms with Gasteiger partial charge in [0.25, 0.3) is 5.91 Å². The van der Waals surface area contributed by atoms with Gasteiger partial charge >= 0.3 is 0 Å². The lowest BCUT2D eigenvalue weighted by Gasteiger charge is -2.30. The van der Waals surface area contributed by atoms with Crippen LogP contribution in [0.3, 0.4) is 0 Å². The molecule has 0 bridgehead atoms. The SMILES string of the molecule is O=C(N[C@@H](CO)C(=O)N1CCOCC1)c1cnccn1. The maximum Gasteiger partial charge on any atom is 0.272 e. The quantitative estimate of drug-likeness (QED) is 0.690. The van der Waals surface area contributed by atoms with Gasteiger partial charge in [-0.2, -0.15) is 0 Å². The molecule has 1 aliphatic rings. The molecule has 0 aliphatic carbocycles. The van der Waals surface area contributed by atoms with Crippen molar-refractivity contribution in [2.45, 2.75) is 6.04 Å². The zero-order valence-electron chi connectivity index (χ0n) is 10.9. The Hall–Kier alpha value is -2.06. The molecule has 0 aromatic carbocycles. The summed E-state index contributed by atoms with van der Waals surface area (Å²) in [5.41, 5.74) is 0.0979. The topological polar surface area (TPSA) is 105 Å². The van der Waals surface area contributed by atoms with Crippen molar-refractivity contribution >= 4 is 11.8 Å². The summed E-state index contributed by atoms with van der Waals surface area (Å²) < 4.78 is 5.15. The standard InChI is InChI=1S/C12H16N4O4/c17-8-10(12(19)16-3-5-20-6-4-16)15-11(18)9-7-13-1-2-14-9/h1-2,7,10,17H,3-6,8H2,(H,15,18)/t10-/m0/s1. The normalized spacial score (nSPS) is 16.6. The summed E-state index contributed by atoms with van der Waals surface area (Å²) >= 11 is 0. The first-order valence-electron chi connectivity index (χ1n) is 6.26. The molecule has 0 spiro atoms. The Labute approximate surface area is 115 Å². The van der Waals surface area contributed by atoms with Gasteiger partial charge in [0.15, 0.2) is 0 Å². The molecule has 1 saturated heterocycles. The number of aliphatic hydroxyl groups is 1. The second-order valence-corrected chi connectivity index (χ2v) is 4.24. The molecule has 0 saturated carbocycles. The van der Waals surface area contributed by atoms with E-state index in [0.717, 1.165) is 0 Å². The lowest BCUT2D eigenvalue weighted by atomic mass is 10.2. The van der Waals surface area contributed by atoms with E-state index < -0.39 is 18.6 Å². The zero-order chi connectivity index (χ0) is 14.4. The fraction of sp³-hybridized carbons (Fsp3) is 0.500.